The zero-order chi connectivity index (χ0) is 14.6. The fourth-order valence-electron chi connectivity index (χ4n) is 1.69. The first-order valence-corrected chi connectivity index (χ1v) is 6.13. The van der Waals surface area contributed by atoms with Crippen LogP contribution in [0.1, 0.15) is 36.2 Å². The minimum Gasteiger partial charge on any atom is -0.508 e. The molecule has 1 aromatic rings. The number of carboxylic acids is 1. The monoisotopic (exact) mass is 265 g/mol. The standard InChI is InChI=1S/C14H19NO4/c1-8(2)11(7-13(17)18)15-14(19)10-4-5-12(16)9(3)6-10/h4-6,8,11,16H,7H2,1-3H3,(H,15,19)(H,17,18). The molecule has 0 saturated carbocycles. The number of aryl methyl sites for hydroxylation is 1. The van der Waals surface area contributed by atoms with E-state index in [2.05, 4.69) is 5.32 Å². The molecule has 3 N–H and O–H groups in total. The molecule has 0 bridgehead atoms. The van der Waals surface area contributed by atoms with Crippen molar-refractivity contribution in [2.75, 3.05) is 0 Å². The average Bonchev–Trinajstić information content (AvgIpc) is 2.31. The first-order chi connectivity index (χ1) is 8.81. The van der Waals surface area contributed by atoms with Crippen LogP contribution >= 0.6 is 0 Å². The highest BCUT2D eigenvalue weighted by Crippen LogP contribution is 2.17. The molecule has 1 unspecified atom stereocenters. The second-order valence-corrected chi connectivity index (χ2v) is 4.92. The minimum atomic E-state index is -0.944. The summed E-state index contributed by atoms with van der Waals surface area (Å²) in [7, 11) is 0. The summed E-state index contributed by atoms with van der Waals surface area (Å²) in [6.45, 7) is 5.41. The van der Waals surface area contributed by atoms with E-state index in [1.807, 2.05) is 13.8 Å². The molecular weight excluding hydrogens is 246 g/mol. The molecule has 1 aromatic carbocycles. The normalized spacial score (nSPS) is 12.2. The Kier molecular flexibility index (Phi) is 4.92. The summed E-state index contributed by atoms with van der Waals surface area (Å²) in [6, 6.07) is 4.11. The summed E-state index contributed by atoms with van der Waals surface area (Å²) >= 11 is 0. The Balaban J connectivity index is 2.81. The molecule has 5 heteroatoms. The van der Waals surface area contributed by atoms with Crippen molar-refractivity contribution < 1.29 is 19.8 Å². The quantitative estimate of drug-likeness (QED) is 0.759. The van der Waals surface area contributed by atoms with E-state index >= 15 is 0 Å². The number of nitrogens with one attached hydrogen (secondary N) is 1. The van der Waals surface area contributed by atoms with Gasteiger partial charge >= 0.3 is 5.97 Å². The number of carbonyl (C=O) groups is 2. The number of amides is 1. The number of phenolic OH excluding ortho intramolecular Hbond substituents is 1. The number of benzene rings is 1. The first-order valence-electron chi connectivity index (χ1n) is 6.13. The van der Waals surface area contributed by atoms with Gasteiger partial charge in [0.2, 0.25) is 0 Å². The molecule has 1 rings (SSSR count). The van der Waals surface area contributed by atoms with Gasteiger partial charge in [-0.05, 0) is 36.6 Å². The number of carboxylic acid groups (broad SMARTS) is 1. The lowest BCUT2D eigenvalue weighted by Crippen LogP contribution is -2.40. The molecular formula is C14H19NO4. The largest absolute Gasteiger partial charge is 0.508 e. The Morgan fingerprint density at radius 2 is 1.95 bits per heavy atom. The SMILES string of the molecule is Cc1cc(C(=O)NC(CC(=O)O)C(C)C)ccc1O. The molecule has 19 heavy (non-hydrogen) atoms. The molecule has 0 aliphatic carbocycles. The Morgan fingerprint density at radius 3 is 2.42 bits per heavy atom. The average molecular weight is 265 g/mol. The topological polar surface area (TPSA) is 86.6 Å². The van der Waals surface area contributed by atoms with E-state index in [9.17, 15) is 14.7 Å². The van der Waals surface area contributed by atoms with Crippen LogP contribution in [0.5, 0.6) is 5.75 Å². The predicted molar refractivity (Wildman–Crippen MR) is 71.2 cm³/mol. The molecule has 0 heterocycles. The van der Waals surface area contributed by atoms with Gasteiger partial charge in [-0.2, -0.15) is 0 Å². The van der Waals surface area contributed by atoms with Crippen LogP contribution in [-0.2, 0) is 4.79 Å². The molecule has 0 spiro atoms. The van der Waals surface area contributed by atoms with Crippen LogP contribution in [-0.4, -0.2) is 28.1 Å². The van der Waals surface area contributed by atoms with E-state index in [1.54, 1.807) is 13.0 Å². The summed E-state index contributed by atoms with van der Waals surface area (Å²) < 4.78 is 0. The number of hydrogen-bond acceptors (Lipinski definition) is 3. The summed E-state index contributed by atoms with van der Waals surface area (Å²) in [6.07, 6.45) is -0.111. The van der Waals surface area contributed by atoms with Crippen molar-refractivity contribution in [3.05, 3.63) is 29.3 Å². The van der Waals surface area contributed by atoms with Crippen LogP contribution in [0.25, 0.3) is 0 Å². The molecule has 0 aromatic heterocycles. The molecule has 0 fully saturated rings. The van der Waals surface area contributed by atoms with Crippen molar-refractivity contribution in [3.8, 4) is 5.75 Å². The molecule has 0 aliphatic rings. The van der Waals surface area contributed by atoms with E-state index in [0.717, 1.165) is 0 Å². The smallest absolute Gasteiger partial charge is 0.305 e. The molecule has 5 nitrogen and oxygen atoms in total. The number of aromatic hydroxyl groups is 1. The lowest BCUT2D eigenvalue weighted by atomic mass is 10.00. The van der Waals surface area contributed by atoms with Crippen molar-refractivity contribution >= 4 is 11.9 Å². The number of carbonyl (C=O) groups excluding carboxylic acids is 1. The molecule has 1 atom stereocenters. The second kappa shape index (κ2) is 6.22. The Labute approximate surface area is 112 Å². The third-order valence-corrected chi connectivity index (χ3v) is 2.97. The zero-order valence-electron chi connectivity index (χ0n) is 11.3. The van der Waals surface area contributed by atoms with Gasteiger partial charge in [-0.1, -0.05) is 13.8 Å². The molecule has 1 amide bonds. The summed E-state index contributed by atoms with van der Waals surface area (Å²) in [4.78, 5) is 22.8. The summed E-state index contributed by atoms with van der Waals surface area (Å²) in [5, 5.41) is 20.9. The highest BCUT2D eigenvalue weighted by atomic mass is 16.4. The van der Waals surface area contributed by atoms with Gasteiger partial charge in [0.25, 0.3) is 5.91 Å². The molecule has 0 aliphatic heterocycles. The maximum atomic E-state index is 12.0. The third-order valence-electron chi connectivity index (χ3n) is 2.97. The first kappa shape index (κ1) is 15.0. The third kappa shape index (κ3) is 4.28. The van der Waals surface area contributed by atoms with Gasteiger partial charge in [0, 0.05) is 11.6 Å². The minimum absolute atomic E-state index is 0.0262. The van der Waals surface area contributed by atoms with Gasteiger partial charge in [-0.3, -0.25) is 9.59 Å². The number of hydrogen-bond donors (Lipinski definition) is 3. The van der Waals surface area contributed by atoms with E-state index in [4.69, 9.17) is 5.11 Å². The van der Waals surface area contributed by atoms with Crippen molar-refractivity contribution in [3.63, 3.8) is 0 Å². The zero-order valence-corrected chi connectivity index (χ0v) is 11.3. The van der Waals surface area contributed by atoms with E-state index in [1.165, 1.54) is 12.1 Å². The lowest BCUT2D eigenvalue weighted by Gasteiger charge is -2.20. The van der Waals surface area contributed by atoms with Gasteiger partial charge in [-0.25, -0.2) is 0 Å². The Bertz CT molecular complexity index is 482. The number of aliphatic carboxylic acids is 1. The molecule has 0 saturated heterocycles. The van der Waals surface area contributed by atoms with E-state index in [0.29, 0.717) is 11.1 Å². The second-order valence-electron chi connectivity index (χ2n) is 4.92. The highest BCUT2D eigenvalue weighted by Gasteiger charge is 2.20. The highest BCUT2D eigenvalue weighted by molar-refractivity contribution is 5.95. The fourth-order valence-corrected chi connectivity index (χ4v) is 1.69. The van der Waals surface area contributed by atoms with Gasteiger partial charge in [0.15, 0.2) is 0 Å². The van der Waals surface area contributed by atoms with Gasteiger partial charge in [0.1, 0.15) is 5.75 Å². The maximum Gasteiger partial charge on any atom is 0.305 e. The Hall–Kier alpha value is -2.04. The fraction of sp³-hybridized carbons (Fsp3) is 0.429. The molecule has 0 radical (unpaired) electrons. The van der Waals surface area contributed by atoms with Gasteiger partial charge < -0.3 is 15.5 Å². The van der Waals surface area contributed by atoms with Gasteiger partial charge in [-0.15, -0.1) is 0 Å². The van der Waals surface area contributed by atoms with Crippen molar-refractivity contribution in [2.45, 2.75) is 33.2 Å². The van der Waals surface area contributed by atoms with Crippen molar-refractivity contribution in [2.24, 2.45) is 5.92 Å². The predicted octanol–water partition coefficient (Wildman–Crippen LogP) is 1.93. The Morgan fingerprint density at radius 1 is 1.32 bits per heavy atom. The van der Waals surface area contributed by atoms with Crippen molar-refractivity contribution in [1.82, 2.24) is 5.32 Å². The number of rotatable bonds is 5. The van der Waals surface area contributed by atoms with Crippen LogP contribution in [0.4, 0.5) is 0 Å². The van der Waals surface area contributed by atoms with Crippen molar-refractivity contribution in [1.29, 1.82) is 0 Å². The van der Waals surface area contributed by atoms with Crippen LogP contribution in [0, 0.1) is 12.8 Å². The van der Waals surface area contributed by atoms with Crippen LogP contribution in [0.3, 0.4) is 0 Å². The van der Waals surface area contributed by atoms with Crippen LogP contribution in [0.2, 0.25) is 0 Å². The van der Waals surface area contributed by atoms with Crippen LogP contribution < -0.4 is 5.32 Å². The van der Waals surface area contributed by atoms with Crippen LogP contribution in [0.15, 0.2) is 18.2 Å². The maximum absolute atomic E-state index is 12.0. The van der Waals surface area contributed by atoms with Gasteiger partial charge in [0.05, 0.1) is 6.42 Å². The summed E-state index contributed by atoms with van der Waals surface area (Å²) in [5.74, 6) is -1.12. The molecule has 104 valence electrons. The number of phenols is 1. The lowest BCUT2D eigenvalue weighted by molar-refractivity contribution is -0.137. The summed E-state index contributed by atoms with van der Waals surface area (Å²) in [5.41, 5.74) is 1.01. The van der Waals surface area contributed by atoms with E-state index in [-0.39, 0.29) is 24.0 Å². The van der Waals surface area contributed by atoms with E-state index < -0.39 is 12.0 Å².